The van der Waals surface area contributed by atoms with Gasteiger partial charge in [-0.3, -0.25) is 10.1 Å². The van der Waals surface area contributed by atoms with E-state index in [4.69, 9.17) is 5.73 Å². The fourth-order valence-electron chi connectivity index (χ4n) is 2.08. The van der Waals surface area contributed by atoms with Crippen molar-refractivity contribution in [2.24, 2.45) is 0 Å². The van der Waals surface area contributed by atoms with Crippen LogP contribution in [0, 0.1) is 10.1 Å². The predicted octanol–water partition coefficient (Wildman–Crippen LogP) is -1.84. The van der Waals surface area contributed by atoms with Gasteiger partial charge in [0.05, 0.1) is 14.7 Å². The number of nitro groups is 1. The Labute approximate surface area is 176 Å². The summed E-state index contributed by atoms with van der Waals surface area (Å²) in [5, 5.41) is 10.7. The first-order valence-corrected chi connectivity index (χ1v) is 9.49. The number of rotatable bonds is 5. The maximum Gasteiger partial charge on any atom is 1.00 e. The van der Waals surface area contributed by atoms with E-state index < -0.39 is 40.6 Å². The van der Waals surface area contributed by atoms with E-state index >= 15 is 0 Å². The summed E-state index contributed by atoms with van der Waals surface area (Å²) in [4.78, 5) is 8.37. The second kappa shape index (κ2) is 8.48. The molecule has 0 amide bonds. The van der Waals surface area contributed by atoms with Crippen LogP contribution in [0.4, 0.5) is 11.4 Å². The molecule has 0 saturated heterocycles. The molecule has 0 saturated carbocycles. The van der Waals surface area contributed by atoms with Gasteiger partial charge in [-0.15, -0.1) is 0 Å². The Bertz CT molecular complexity index is 1130. The summed E-state index contributed by atoms with van der Waals surface area (Å²) in [6.45, 7) is 0. The van der Waals surface area contributed by atoms with Crippen LogP contribution in [0.15, 0.2) is 46.2 Å². The molecule has 2 rings (SSSR count). The third kappa shape index (κ3) is 5.84. The largest absolute Gasteiger partial charge is 1.00 e. The fraction of sp³-hybridized carbons (Fsp3) is 0. The molecule has 10 nitrogen and oxygen atoms in total. The summed E-state index contributed by atoms with van der Waals surface area (Å²) in [7, 11) is -9.91. The smallest absolute Gasteiger partial charge is 0.744 e. The monoisotopic (exact) mass is 421 g/mol. The van der Waals surface area contributed by atoms with Crippen LogP contribution in [-0.2, 0) is 20.2 Å². The first-order valence-electron chi connectivity index (χ1n) is 6.67. The van der Waals surface area contributed by atoms with Gasteiger partial charge >= 0.3 is 29.6 Å². The Morgan fingerprint density at radius 1 is 0.852 bits per heavy atom. The molecule has 2 aromatic rings. The number of nitrogens with two attached hydrogens (primary N) is 1. The van der Waals surface area contributed by atoms with Gasteiger partial charge in [0.25, 0.3) is 5.69 Å². The first kappa shape index (κ1) is 23.2. The third-order valence-corrected chi connectivity index (χ3v) is 5.01. The van der Waals surface area contributed by atoms with Gasteiger partial charge in [0, 0.05) is 17.8 Å². The molecule has 0 fully saturated rings. The van der Waals surface area contributed by atoms with Crippen LogP contribution < -0.4 is 35.3 Å². The molecule has 2 aromatic carbocycles. The molecule has 13 heteroatoms. The number of nitro benzene ring substituents is 1. The van der Waals surface area contributed by atoms with Crippen LogP contribution in [0.5, 0.6) is 0 Å². The van der Waals surface area contributed by atoms with Crippen LogP contribution in [-0.4, -0.2) is 30.9 Å². The molecule has 0 spiro atoms. The van der Waals surface area contributed by atoms with E-state index in [1.165, 1.54) is 12.1 Å². The van der Waals surface area contributed by atoms with Crippen molar-refractivity contribution in [3.05, 3.63) is 57.6 Å². The van der Waals surface area contributed by atoms with Gasteiger partial charge in [0.1, 0.15) is 20.2 Å². The van der Waals surface area contributed by atoms with Crippen molar-refractivity contribution < 1.29 is 60.4 Å². The Kier molecular flexibility index (Phi) is 7.30. The molecule has 27 heavy (non-hydrogen) atoms. The van der Waals surface area contributed by atoms with Crippen molar-refractivity contribution in [3.8, 4) is 0 Å². The Morgan fingerprint density at radius 3 is 1.74 bits per heavy atom. The summed E-state index contributed by atoms with van der Waals surface area (Å²) in [5.41, 5.74) is 4.56. The molecule has 2 N–H and O–H groups in total. The van der Waals surface area contributed by atoms with E-state index in [2.05, 4.69) is 0 Å². The van der Waals surface area contributed by atoms with Crippen molar-refractivity contribution in [1.82, 2.24) is 0 Å². The molecule has 0 aliphatic rings. The number of hydrogen-bond acceptors (Lipinski definition) is 9. The van der Waals surface area contributed by atoms with Gasteiger partial charge in [-0.25, -0.2) is 16.8 Å². The molecule has 0 heterocycles. The SMILES string of the molecule is Nc1ccc(/C=C/c2ccc([N+](=O)[O-])cc2S(=O)(=O)[O-])c(S(=O)(=O)[O-])c1.[Na+]. The Balaban J connectivity index is 0.00000364. The predicted molar refractivity (Wildman–Crippen MR) is 88.8 cm³/mol. The van der Waals surface area contributed by atoms with Gasteiger partial charge in [0.15, 0.2) is 0 Å². The number of nitrogen functional groups attached to an aromatic ring is 1. The van der Waals surface area contributed by atoms with Crippen molar-refractivity contribution >= 4 is 43.8 Å². The zero-order chi connectivity index (χ0) is 19.7. The Hall–Kier alpha value is -1.80. The molecule has 138 valence electrons. The van der Waals surface area contributed by atoms with Crippen LogP contribution >= 0.6 is 0 Å². The topological polar surface area (TPSA) is 184 Å². The summed E-state index contributed by atoms with van der Waals surface area (Å²) in [5.74, 6) is 0. The number of hydrogen-bond donors (Lipinski definition) is 1. The summed E-state index contributed by atoms with van der Waals surface area (Å²) in [6.07, 6.45) is 2.13. The average Bonchev–Trinajstić information content (AvgIpc) is 2.51. The quantitative estimate of drug-likeness (QED) is 0.145. The minimum atomic E-state index is -5.04. The maximum atomic E-state index is 11.3. The van der Waals surface area contributed by atoms with Crippen molar-refractivity contribution in [2.75, 3.05) is 5.73 Å². The molecule has 0 aliphatic carbocycles. The molecular formula is C14H10N2NaO8S2-. The van der Waals surface area contributed by atoms with Crippen molar-refractivity contribution in [2.45, 2.75) is 9.79 Å². The fourth-order valence-corrected chi connectivity index (χ4v) is 3.47. The average molecular weight is 421 g/mol. The van der Waals surface area contributed by atoms with Crippen LogP contribution in [0.25, 0.3) is 12.2 Å². The molecule has 0 aromatic heterocycles. The normalized spacial score (nSPS) is 11.9. The van der Waals surface area contributed by atoms with E-state index in [0.717, 1.165) is 30.4 Å². The second-order valence-corrected chi connectivity index (χ2v) is 7.71. The van der Waals surface area contributed by atoms with E-state index in [9.17, 15) is 36.1 Å². The zero-order valence-corrected chi connectivity index (χ0v) is 17.4. The minimum absolute atomic E-state index is 0. The Morgan fingerprint density at radius 2 is 1.30 bits per heavy atom. The van der Waals surface area contributed by atoms with Gasteiger partial charge in [-0.05, 0) is 29.3 Å². The molecular weight excluding hydrogens is 411 g/mol. The summed E-state index contributed by atoms with van der Waals surface area (Å²) < 4.78 is 67.9. The third-order valence-electron chi connectivity index (χ3n) is 3.23. The summed E-state index contributed by atoms with van der Waals surface area (Å²) in [6, 6.07) is 6.05. The number of non-ortho nitro benzene ring substituents is 1. The molecule has 0 unspecified atom stereocenters. The van der Waals surface area contributed by atoms with E-state index in [1.54, 1.807) is 0 Å². The number of benzene rings is 2. The minimum Gasteiger partial charge on any atom is -0.744 e. The molecule has 0 aliphatic heterocycles. The van der Waals surface area contributed by atoms with Crippen LogP contribution in [0.3, 0.4) is 0 Å². The van der Waals surface area contributed by atoms with E-state index in [0.29, 0.717) is 6.07 Å². The molecule has 0 bridgehead atoms. The first-order chi connectivity index (χ1) is 11.9. The van der Waals surface area contributed by atoms with Gasteiger partial charge in [-0.2, -0.15) is 0 Å². The molecule has 0 radical (unpaired) electrons. The van der Waals surface area contributed by atoms with Crippen molar-refractivity contribution in [3.63, 3.8) is 0 Å². The number of anilines is 1. The van der Waals surface area contributed by atoms with Gasteiger partial charge in [-0.1, -0.05) is 18.2 Å². The zero-order valence-electron chi connectivity index (χ0n) is 13.7. The van der Waals surface area contributed by atoms with Gasteiger partial charge < -0.3 is 14.8 Å². The van der Waals surface area contributed by atoms with E-state index in [-0.39, 0.29) is 46.4 Å². The van der Waals surface area contributed by atoms with E-state index in [1.807, 2.05) is 0 Å². The maximum absolute atomic E-state index is 11.3. The van der Waals surface area contributed by atoms with Crippen molar-refractivity contribution in [1.29, 1.82) is 0 Å². The van der Waals surface area contributed by atoms with Crippen LogP contribution in [0.1, 0.15) is 11.1 Å². The second-order valence-electron chi connectivity index (χ2n) is 5.02. The standard InChI is InChI=1S/C14H12N2O8S2.Na/c15-11-5-3-9(13(7-11)25(19,20)21)1-2-10-4-6-12(16(17)18)8-14(10)26(22,23)24;/h1-8H,15H2,(H,19,20,21)(H,22,23,24);/q;+1/p-2/b2-1+;. The van der Waals surface area contributed by atoms with Crippen LogP contribution in [0.2, 0.25) is 0 Å². The van der Waals surface area contributed by atoms with Gasteiger partial charge in [0.2, 0.25) is 0 Å². The number of nitrogens with zero attached hydrogens (tertiary/aromatic N) is 1. The molecule has 0 atom stereocenters. The summed E-state index contributed by atoms with van der Waals surface area (Å²) >= 11 is 0.